The van der Waals surface area contributed by atoms with Gasteiger partial charge < -0.3 is 0 Å². The second-order valence-corrected chi connectivity index (χ2v) is 32.0. The molecule has 4 heteroatoms. The van der Waals surface area contributed by atoms with Crippen LogP contribution in [0.3, 0.4) is 0 Å². The maximum absolute atomic E-state index is 2.66. The summed E-state index contributed by atoms with van der Waals surface area (Å²) in [7, 11) is 0. The van der Waals surface area contributed by atoms with Gasteiger partial charge in [-0.3, -0.25) is 0 Å². The summed E-state index contributed by atoms with van der Waals surface area (Å²) in [6, 6.07) is 40.4. The number of fused-ring (bicyclic) bond motifs is 13. The molecule has 0 heterocycles. The quantitative estimate of drug-likeness (QED) is 0.0155. The molecule has 0 saturated carbocycles. The predicted octanol–water partition coefficient (Wildman–Crippen LogP) is 31.2. The first-order valence-corrected chi connectivity index (χ1v) is 40.9. The molecule has 0 aliphatic heterocycles. The highest BCUT2D eigenvalue weighted by Gasteiger charge is 2.20. The Morgan fingerprint density at radius 2 is 0.420 bits per heavy atom. The molecule has 0 spiro atoms. The third kappa shape index (κ3) is 19.3. The van der Waals surface area contributed by atoms with Crippen molar-refractivity contribution in [2.75, 3.05) is 0 Å². The van der Waals surface area contributed by atoms with E-state index in [1.807, 2.05) is 0 Å². The molecule has 474 valence electrons. The van der Waals surface area contributed by atoms with E-state index in [1.54, 1.807) is 11.1 Å². The highest BCUT2D eigenvalue weighted by atomic mass is 127. The summed E-state index contributed by atoms with van der Waals surface area (Å²) < 4.78 is 5.38. The second-order valence-electron chi connectivity index (χ2n) is 27.4. The van der Waals surface area contributed by atoms with Crippen LogP contribution in [-0.4, -0.2) is 0 Å². The number of rotatable bonds is 42. The lowest BCUT2D eigenvalue weighted by atomic mass is 9.86. The van der Waals surface area contributed by atoms with Crippen LogP contribution in [-0.2, 0) is 0 Å². The van der Waals surface area contributed by atoms with Crippen molar-refractivity contribution in [2.24, 2.45) is 0 Å². The van der Waals surface area contributed by atoms with E-state index in [1.165, 1.54) is 357 Å². The van der Waals surface area contributed by atoms with E-state index in [0.717, 1.165) is 0 Å². The molecule has 0 atom stereocenters. The van der Waals surface area contributed by atoms with Gasteiger partial charge in [-0.25, -0.2) is 0 Å². The molecule has 0 aromatic heterocycles. The van der Waals surface area contributed by atoms with Gasteiger partial charge in [-0.05, 0) is 274 Å². The van der Waals surface area contributed by atoms with Gasteiger partial charge >= 0.3 is 0 Å². The minimum atomic E-state index is 0.651. The first-order chi connectivity index (χ1) is 43.2. The molecule has 9 aromatic rings. The Hall–Kier alpha value is -2.02. The van der Waals surface area contributed by atoms with Gasteiger partial charge in [0.15, 0.2) is 0 Å². The van der Waals surface area contributed by atoms with Crippen LogP contribution < -0.4 is 0 Å². The number of benzene rings is 9. The van der Waals surface area contributed by atoms with Crippen LogP contribution in [0, 0.1) is 14.3 Å². The first kappa shape index (κ1) is 70.3. The highest BCUT2D eigenvalue weighted by Crippen LogP contribution is 2.45. The normalized spacial score (nSPS) is 12.3. The Morgan fingerprint density at radius 3 is 0.693 bits per heavy atom. The van der Waals surface area contributed by atoms with Crippen LogP contribution in [0.2, 0.25) is 0 Å². The molecule has 0 saturated heterocycles. The molecule has 0 radical (unpaired) electrons. The van der Waals surface area contributed by atoms with E-state index < -0.39 is 0 Å². The Morgan fingerprint density at radius 1 is 0.205 bits per heavy atom. The molecular formula is C84H110I4. The van der Waals surface area contributed by atoms with Crippen molar-refractivity contribution in [3.05, 3.63) is 122 Å². The molecule has 0 N–H and O–H groups in total. The van der Waals surface area contributed by atoms with Crippen LogP contribution in [0.15, 0.2) is 97.1 Å². The molecule has 0 aliphatic rings. The van der Waals surface area contributed by atoms with E-state index in [0.29, 0.717) is 11.8 Å². The average molecular weight is 1630 g/mol. The lowest BCUT2D eigenvalue weighted by molar-refractivity contribution is 0.482. The Kier molecular flexibility index (Phi) is 30.2. The van der Waals surface area contributed by atoms with Crippen molar-refractivity contribution in [3.8, 4) is 0 Å². The fourth-order valence-electron chi connectivity index (χ4n) is 15.3. The third-order valence-electron chi connectivity index (χ3n) is 20.6. The molecule has 0 bridgehead atoms. The zero-order chi connectivity index (χ0) is 61.5. The molecule has 88 heavy (non-hydrogen) atoms. The molecule has 0 unspecified atom stereocenters. The lowest BCUT2D eigenvalue weighted by Crippen LogP contribution is -2.00. The van der Waals surface area contributed by atoms with Crippen molar-refractivity contribution in [1.82, 2.24) is 0 Å². The summed E-state index contributed by atoms with van der Waals surface area (Å²) in [4.78, 5) is 0. The van der Waals surface area contributed by atoms with Gasteiger partial charge in [0.2, 0.25) is 0 Å². The number of unbranched alkanes of at least 4 members (excludes halogenated alkanes) is 32. The molecule has 0 fully saturated rings. The van der Waals surface area contributed by atoms with Crippen LogP contribution in [0.4, 0.5) is 0 Å². The van der Waals surface area contributed by atoms with Gasteiger partial charge in [-0.1, -0.05) is 307 Å². The van der Waals surface area contributed by atoms with Crippen LogP contribution in [0.5, 0.6) is 0 Å². The molecule has 9 aromatic carbocycles. The zero-order valence-corrected chi connectivity index (χ0v) is 63.8. The predicted molar refractivity (Wildman–Crippen MR) is 430 cm³/mol. The largest absolute Gasteiger partial charge is 0.0654 e. The Labute approximate surface area is 589 Å². The second kappa shape index (κ2) is 37.8. The van der Waals surface area contributed by atoms with E-state index in [9.17, 15) is 0 Å². The van der Waals surface area contributed by atoms with Gasteiger partial charge in [0.05, 0.1) is 0 Å². The van der Waals surface area contributed by atoms with Crippen LogP contribution in [0.25, 0.3) is 86.2 Å². The van der Waals surface area contributed by atoms with E-state index in [-0.39, 0.29) is 0 Å². The minimum Gasteiger partial charge on any atom is -0.0654 e. The van der Waals surface area contributed by atoms with Crippen molar-refractivity contribution in [2.45, 2.75) is 296 Å². The SMILES string of the molecule is CCCCCCCCCCCC(CCCCCCCCCCC)c1ccc2c(c1)cc(I)c1cc3c(cc12)c(I)cc1c3ccc2c3cc4c(I)cc5cc(C(CCCCCCCCCCC)CCCCCCCCCCC)ccc5c4cc3c(I)cc21. The lowest BCUT2D eigenvalue weighted by Gasteiger charge is -2.20. The maximum atomic E-state index is 2.66. The Balaban J connectivity index is 0.966. The number of halogens is 4. The monoisotopic (exact) mass is 1630 g/mol. The molecule has 9 rings (SSSR count). The fourth-order valence-corrected chi connectivity index (χ4v) is 18.4. The topological polar surface area (TPSA) is 0 Å². The standard InChI is InChI=1S/C84H110I4/c1-5-9-13-17-21-25-29-33-37-41-61(42-38-34-30-26-22-18-14-10-6-2)63-45-47-67-65(51-63)53-81(85)77-57-73-69-49-50-70-74-58-78-72(56-80(74)84(88)60-76(70)75(69)59-83(87)79(73)55-71(67)77)68-48-46-64(52-66(68)54-82(78)86)62(43-39-35-31-27-23-19-15-11-7-3)44-40-36-32-28-24-20-16-12-8-4/h45-62H,5-44H2,1-4H3. The van der Waals surface area contributed by atoms with E-state index in [4.69, 9.17) is 0 Å². The van der Waals surface area contributed by atoms with Crippen molar-refractivity contribution >= 4 is 177 Å². The van der Waals surface area contributed by atoms with Gasteiger partial charge in [0.1, 0.15) is 0 Å². The molecule has 0 aliphatic carbocycles. The number of hydrogen-bond acceptors (Lipinski definition) is 0. The number of hydrogen-bond donors (Lipinski definition) is 0. The van der Waals surface area contributed by atoms with Gasteiger partial charge in [-0.2, -0.15) is 0 Å². The summed E-state index contributed by atoms with van der Waals surface area (Å²) in [5.74, 6) is 1.30. The maximum Gasteiger partial charge on any atom is 0.0215 e. The summed E-state index contributed by atoms with van der Waals surface area (Å²) in [5, 5.41) is 22.0. The smallest absolute Gasteiger partial charge is 0.0215 e. The van der Waals surface area contributed by atoms with Crippen molar-refractivity contribution in [3.63, 3.8) is 0 Å². The van der Waals surface area contributed by atoms with Gasteiger partial charge in [0.25, 0.3) is 0 Å². The summed E-state index contributed by atoms with van der Waals surface area (Å²) in [5.41, 5.74) is 3.15. The van der Waals surface area contributed by atoms with Crippen molar-refractivity contribution < 1.29 is 0 Å². The zero-order valence-electron chi connectivity index (χ0n) is 55.2. The van der Waals surface area contributed by atoms with E-state index >= 15 is 0 Å². The molecule has 0 amide bonds. The highest BCUT2D eigenvalue weighted by molar-refractivity contribution is 14.1. The Bertz CT molecular complexity index is 3340. The molecule has 0 nitrogen and oxygen atoms in total. The summed E-state index contributed by atoms with van der Waals surface area (Å²) >= 11 is 10.6. The van der Waals surface area contributed by atoms with Crippen LogP contribution >= 0.6 is 90.4 Å². The average Bonchev–Trinajstić information content (AvgIpc) is 0.751. The summed E-state index contributed by atoms with van der Waals surface area (Å²) in [6.45, 7) is 9.30. The first-order valence-electron chi connectivity index (χ1n) is 36.6. The fraction of sp³-hybridized carbons (Fsp3) is 0.548. The molecular weight excluding hydrogens is 1520 g/mol. The van der Waals surface area contributed by atoms with Gasteiger partial charge in [0, 0.05) is 14.3 Å². The van der Waals surface area contributed by atoms with E-state index in [2.05, 4.69) is 215 Å². The van der Waals surface area contributed by atoms with Gasteiger partial charge in [-0.15, -0.1) is 0 Å². The van der Waals surface area contributed by atoms with Crippen molar-refractivity contribution in [1.29, 1.82) is 0 Å². The third-order valence-corrected chi connectivity index (χ3v) is 24.2. The van der Waals surface area contributed by atoms with Crippen LogP contribution in [0.1, 0.15) is 307 Å². The summed E-state index contributed by atoms with van der Waals surface area (Å²) in [6.07, 6.45) is 55.6. The minimum absolute atomic E-state index is 0.651.